The van der Waals surface area contributed by atoms with Gasteiger partial charge in [-0.15, -0.1) is 11.8 Å². The fraction of sp³-hybridized carbons (Fsp3) is 0.467. The van der Waals surface area contributed by atoms with E-state index in [2.05, 4.69) is 26.0 Å². The molecule has 0 aliphatic heterocycles. The average molecular weight is 418 g/mol. The molecule has 6 nitrogen and oxygen atoms in total. The number of halogens is 2. The second-order valence-corrected chi connectivity index (χ2v) is 6.92. The topological polar surface area (TPSA) is 92.1 Å². The highest BCUT2D eigenvalue weighted by Crippen LogP contribution is 2.35. The van der Waals surface area contributed by atoms with Gasteiger partial charge in [-0.25, -0.2) is 4.39 Å². The van der Waals surface area contributed by atoms with Crippen LogP contribution in [0, 0.1) is 5.82 Å². The van der Waals surface area contributed by atoms with Crippen molar-refractivity contribution in [1.29, 1.82) is 0 Å². The van der Waals surface area contributed by atoms with E-state index in [9.17, 15) is 14.0 Å². The van der Waals surface area contributed by atoms with Gasteiger partial charge >= 0.3 is 5.97 Å². The highest BCUT2D eigenvalue weighted by molar-refractivity contribution is 9.10. The maximum atomic E-state index is 13.9. The second-order valence-electron chi connectivity index (χ2n) is 4.82. The Labute approximate surface area is 151 Å². The average Bonchev–Trinajstić information content (AvgIpc) is 2.54. The minimum Gasteiger partial charge on any atom is -0.465 e. The van der Waals surface area contributed by atoms with Gasteiger partial charge in [-0.2, -0.15) is 0 Å². The van der Waals surface area contributed by atoms with Crippen molar-refractivity contribution in [2.45, 2.75) is 43.3 Å². The van der Waals surface area contributed by atoms with Crippen LogP contribution < -0.4 is 0 Å². The molecule has 24 heavy (non-hydrogen) atoms. The van der Waals surface area contributed by atoms with Crippen LogP contribution in [0.25, 0.3) is 10.4 Å². The van der Waals surface area contributed by atoms with Crippen LogP contribution in [0.15, 0.2) is 26.6 Å². The van der Waals surface area contributed by atoms with Gasteiger partial charge in [0.1, 0.15) is 11.1 Å². The maximum Gasteiger partial charge on any atom is 0.319 e. The first-order valence-corrected chi connectivity index (χ1v) is 9.03. The number of amides is 1. The Morgan fingerprint density at radius 2 is 2.12 bits per heavy atom. The zero-order valence-electron chi connectivity index (χ0n) is 13.3. The van der Waals surface area contributed by atoms with Crippen LogP contribution in [0.3, 0.4) is 0 Å². The minimum atomic E-state index is -1.01. The predicted octanol–water partition coefficient (Wildman–Crippen LogP) is 5.25. The predicted molar refractivity (Wildman–Crippen MR) is 93.4 cm³/mol. The summed E-state index contributed by atoms with van der Waals surface area (Å²) in [7, 11) is 0. The summed E-state index contributed by atoms with van der Waals surface area (Å²) >= 11 is 4.40. The lowest BCUT2D eigenvalue weighted by molar-refractivity contribution is -0.143. The molecule has 1 atom stereocenters. The number of nitrogens with zero attached hydrogens (tertiary/aromatic N) is 3. The quantitative estimate of drug-likeness (QED) is 0.189. The van der Waals surface area contributed by atoms with Crippen molar-refractivity contribution in [2.24, 2.45) is 5.11 Å². The van der Waals surface area contributed by atoms with Gasteiger partial charge in [0.05, 0.1) is 12.2 Å². The first-order valence-electron chi connectivity index (χ1n) is 7.36. The summed E-state index contributed by atoms with van der Waals surface area (Å²) in [4.78, 5) is 26.6. The van der Waals surface area contributed by atoms with Crippen molar-refractivity contribution < 1.29 is 18.7 Å². The SMILES string of the molecule is CCCOC(=O)C(CCC)Sc1cc(C(=O)N=[N+]=[N-])c(F)cc1Br. The fourth-order valence-corrected chi connectivity index (χ4v) is 3.59. The third-order valence-corrected chi connectivity index (χ3v) is 5.14. The van der Waals surface area contributed by atoms with E-state index in [-0.39, 0.29) is 11.5 Å². The Balaban J connectivity index is 3.09. The molecule has 9 heteroatoms. The van der Waals surface area contributed by atoms with Gasteiger partial charge in [0, 0.05) is 14.3 Å². The van der Waals surface area contributed by atoms with E-state index in [1.165, 1.54) is 17.8 Å². The molecule has 0 aliphatic rings. The number of carbonyl (C=O) groups is 2. The second kappa shape index (κ2) is 10.3. The van der Waals surface area contributed by atoms with Crippen molar-refractivity contribution in [2.75, 3.05) is 6.61 Å². The molecule has 1 amide bonds. The third kappa shape index (κ3) is 5.81. The van der Waals surface area contributed by atoms with E-state index in [1.54, 1.807) is 0 Å². The van der Waals surface area contributed by atoms with E-state index in [0.29, 0.717) is 22.4 Å². The van der Waals surface area contributed by atoms with Crippen LogP contribution >= 0.6 is 27.7 Å². The Kier molecular flexibility index (Phi) is 8.81. The lowest BCUT2D eigenvalue weighted by atomic mass is 10.2. The molecule has 0 spiro atoms. The Bertz CT molecular complexity index is 666. The molecule has 0 heterocycles. The summed E-state index contributed by atoms with van der Waals surface area (Å²) in [6.07, 6.45) is 2.07. The normalized spacial score (nSPS) is 11.5. The number of hydrogen-bond acceptors (Lipinski definition) is 4. The molecule has 0 N–H and O–H groups in total. The van der Waals surface area contributed by atoms with Gasteiger partial charge in [-0.05, 0) is 51.5 Å². The van der Waals surface area contributed by atoms with Crippen LogP contribution in [-0.4, -0.2) is 23.7 Å². The van der Waals surface area contributed by atoms with Crippen molar-refractivity contribution >= 4 is 39.6 Å². The summed E-state index contributed by atoms with van der Waals surface area (Å²) in [6, 6.07) is 2.39. The maximum absolute atomic E-state index is 13.9. The molecule has 1 rings (SSSR count). The summed E-state index contributed by atoms with van der Waals surface area (Å²) < 4.78 is 19.5. The smallest absolute Gasteiger partial charge is 0.319 e. The van der Waals surface area contributed by atoms with Gasteiger partial charge in [0.25, 0.3) is 5.91 Å². The fourth-order valence-electron chi connectivity index (χ4n) is 1.81. The van der Waals surface area contributed by atoms with Gasteiger partial charge < -0.3 is 4.74 Å². The molecule has 0 bridgehead atoms. The molecule has 0 fully saturated rings. The molecule has 0 aliphatic carbocycles. The molecular formula is C15H17BrFN3O3S. The zero-order chi connectivity index (χ0) is 18.1. The molecule has 0 radical (unpaired) electrons. The number of azide groups is 1. The number of esters is 1. The largest absolute Gasteiger partial charge is 0.465 e. The van der Waals surface area contributed by atoms with Crippen LogP contribution in [-0.2, 0) is 9.53 Å². The van der Waals surface area contributed by atoms with Crippen molar-refractivity contribution in [3.63, 3.8) is 0 Å². The first kappa shape index (κ1) is 20.5. The Morgan fingerprint density at radius 3 is 2.71 bits per heavy atom. The molecule has 0 saturated carbocycles. The third-order valence-electron chi connectivity index (χ3n) is 2.92. The molecule has 130 valence electrons. The van der Waals surface area contributed by atoms with Crippen LogP contribution in [0.4, 0.5) is 4.39 Å². The van der Waals surface area contributed by atoms with Gasteiger partial charge in [-0.3, -0.25) is 9.59 Å². The summed E-state index contributed by atoms with van der Waals surface area (Å²) in [6.45, 7) is 4.18. The summed E-state index contributed by atoms with van der Waals surface area (Å²) in [5.41, 5.74) is 7.99. The summed E-state index contributed by atoms with van der Waals surface area (Å²) in [5.74, 6) is -2.16. The highest BCUT2D eigenvalue weighted by Gasteiger charge is 2.23. The van der Waals surface area contributed by atoms with Gasteiger partial charge in [0.2, 0.25) is 0 Å². The Morgan fingerprint density at radius 1 is 1.42 bits per heavy atom. The van der Waals surface area contributed by atoms with E-state index in [4.69, 9.17) is 10.3 Å². The highest BCUT2D eigenvalue weighted by atomic mass is 79.9. The number of thioether (sulfide) groups is 1. The lowest BCUT2D eigenvalue weighted by Crippen LogP contribution is -2.20. The summed E-state index contributed by atoms with van der Waals surface area (Å²) in [5, 5.41) is 2.44. The van der Waals surface area contributed by atoms with E-state index >= 15 is 0 Å². The van der Waals surface area contributed by atoms with Gasteiger partial charge in [-0.1, -0.05) is 20.3 Å². The zero-order valence-corrected chi connectivity index (χ0v) is 15.7. The molecule has 0 aromatic heterocycles. The van der Waals surface area contributed by atoms with Crippen molar-refractivity contribution in [3.05, 3.63) is 38.4 Å². The van der Waals surface area contributed by atoms with E-state index in [1.807, 2.05) is 13.8 Å². The molecule has 1 unspecified atom stereocenters. The number of hydrogen-bond donors (Lipinski definition) is 0. The number of rotatable bonds is 8. The van der Waals surface area contributed by atoms with E-state index < -0.39 is 17.0 Å². The lowest BCUT2D eigenvalue weighted by Gasteiger charge is -2.16. The number of benzene rings is 1. The van der Waals surface area contributed by atoms with Gasteiger partial charge in [0.15, 0.2) is 0 Å². The number of carbonyl (C=O) groups excluding carboxylic acids is 2. The van der Waals surface area contributed by atoms with E-state index in [0.717, 1.165) is 18.9 Å². The van der Waals surface area contributed by atoms with Crippen LogP contribution in [0.2, 0.25) is 0 Å². The number of ether oxygens (including phenoxy) is 1. The van der Waals surface area contributed by atoms with Crippen LogP contribution in [0.1, 0.15) is 43.5 Å². The molecular weight excluding hydrogens is 401 g/mol. The molecule has 1 aromatic rings. The molecule has 0 saturated heterocycles. The monoisotopic (exact) mass is 417 g/mol. The standard InChI is InChI=1S/C15H17BrFN3O3S/c1-3-5-12(15(22)23-6-4-2)24-13-7-9(14(21)19-20-18)11(17)8-10(13)16/h7-8,12H,3-6H2,1-2H3. The van der Waals surface area contributed by atoms with Crippen molar-refractivity contribution in [1.82, 2.24) is 0 Å². The van der Waals surface area contributed by atoms with Crippen molar-refractivity contribution in [3.8, 4) is 0 Å². The minimum absolute atomic E-state index is 0.337. The first-order chi connectivity index (χ1) is 11.4. The van der Waals surface area contributed by atoms with Crippen LogP contribution in [0.5, 0.6) is 0 Å². The molecule has 1 aromatic carbocycles. The Hall–Kier alpha value is -1.57.